The monoisotopic (exact) mass is 578 g/mol. The minimum Gasteiger partial charge on any atom is -0.378 e. The lowest BCUT2D eigenvalue weighted by Gasteiger charge is -2.32. The average Bonchev–Trinajstić information content (AvgIpc) is 3.48. The second-order valence-electron chi connectivity index (χ2n) is 10.7. The van der Waals surface area contributed by atoms with Crippen LogP contribution in [0.2, 0.25) is 0 Å². The number of aromatic nitrogens is 4. The number of likely N-dealkylation sites (tertiary alicyclic amines) is 1. The summed E-state index contributed by atoms with van der Waals surface area (Å²) in [6, 6.07) is 13.7. The molecular weight excluding hydrogens is 544 g/mol. The molecule has 3 aromatic heterocycles. The molecule has 0 aliphatic carbocycles. The summed E-state index contributed by atoms with van der Waals surface area (Å²) in [5.41, 5.74) is 4.76. The maximum atomic E-state index is 13.0. The molecule has 11 heteroatoms. The first-order valence-electron chi connectivity index (χ1n) is 14.5. The van der Waals surface area contributed by atoms with Crippen molar-refractivity contribution < 1.29 is 14.3 Å². The van der Waals surface area contributed by atoms with Crippen LogP contribution >= 0.6 is 0 Å². The van der Waals surface area contributed by atoms with Crippen molar-refractivity contribution in [3.8, 4) is 23.1 Å². The molecule has 1 aromatic carbocycles. The van der Waals surface area contributed by atoms with Crippen molar-refractivity contribution >= 4 is 34.4 Å². The second kappa shape index (κ2) is 13.0. The van der Waals surface area contributed by atoms with Gasteiger partial charge in [0.1, 0.15) is 23.5 Å². The van der Waals surface area contributed by atoms with E-state index in [2.05, 4.69) is 58.3 Å². The van der Waals surface area contributed by atoms with Crippen molar-refractivity contribution in [3.63, 3.8) is 0 Å². The van der Waals surface area contributed by atoms with Crippen LogP contribution in [0.15, 0.2) is 55.0 Å². The van der Waals surface area contributed by atoms with Crippen LogP contribution in [-0.2, 0) is 16.1 Å². The fourth-order valence-electron chi connectivity index (χ4n) is 5.56. The average molecular weight is 579 g/mol. The third-order valence-corrected chi connectivity index (χ3v) is 7.79. The molecule has 220 valence electrons. The van der Waals surface area contributed by atoms with Gasteiger partial charge in [0.15, 0.2) is 0 Å². The van der Waals surface area contributed by atoms with Crippen LogP contribution in [0.25, 0.3) is 22.3 Å². The standard InChI is InChI=1S/C32H34N8O3/c1-2-3-29(41)36-25-9-12-39(13-10-25)20-22-8-11-33-28(18-22)32(42)37-24-6-4-23(5-7-24)27-19-26-30(38-27)34-21-35-31(26)40-14-16-43-17-15-40/h4-8,11,18-19,21,25H,9-10,12-17,20H2,1H3,(H,36,41)(H,37,42)(H,34,35,38). The van der Waals surface area contributed by atoms with Gasteiger partial charge in [0, 0.05) is 56.3 Å². The van der Waals surface area contributed by atoms with Gasteiger partial charge in [0.25, 0.3) is 11.8 Å². The van der Waals surface area contributed by atoms with E-state index in [1.807, 2.05) is 36.4 Å². The Morgan fingerprint density at radius 2 is 1.81 bits per heavy atom. The fourth-order valence-corrected chi connectivity index (χ4v) is 5.56. The SMILES string of the molecule is CC#CC(=O)NC1CCN(Cc2ccnc(C(=O)Nc3ccc(-c4cc5c(N6CCOCC6)ncnc5[nH]4)cc3)c2)CC1. The van der Waals surface area contributed by atoms with Gasteiger partial charge in [-0.3, -0.25) is 19.5 Å². The number of fused-ring (bicyclic) bond motifs is 1. The Kier molecular flexibility index (Phi) is 8.58. The summed E-state index contributed by atoms with van der Waals surface area (Å²) in [7, 11) is 0. The summed E-state index contributed by atoms with van der Waals surface area (Å²) in [5.74, 6) is 5.60. The first-order valence-corrected chi connectivity index (χ1v) is 14.5. The van der Waals surface area contributed by atoms with Crippen molar-refractivity contribution in [2.75, 3.05) is 49.6 Å². The molecule has 0 saturated carbocycles. The Hall–Kier alpha value is -4.79. The second-order valence-corrected chi connectivity index (χ2v) is 10.7. The van der Waals surface area contributed by atoms with E-state index in [0.717, 1.165) is 79.2 Å². The van der Waals surface area contributed by atoms with Crippen LogP contribution in [0, 0.1) is 11.8 Å². The number of rotatable bonds is 7. The zero-order chi connectivity index (χ0) is 29.6. The number of ether oxygens (including phenoxy) is 1. The highest BCUT2D eigenvalue weighted by molar-refractivity contribution is 6.03. The number of nitrogens with one attached hydrogen (secondary N) is 3. The van der Waals surface area contributed by atoms with E-state index in [0.29, 0.717) is 24.6 Å². The Bertz CT molecular complexity index is 1660. The number of benzene rings is 1. The molecule has 0 radical (unpaired) electrons. The van der Waals surface area contributed by atoms with Crippen LogP contribution in [-0.4, -0.2) is 82.1 Å². The van der Waals surface area contributed by atoms with E-state index in [4.69, 9.17) is 4.74 Å². The largest absolute Gasteiger partial charge is 0.378 e. The Morgan fingerprint density at radius 3 is 2.58 bits per heavy atom. The summed E-state index contributed by atoms with van der Waals surface area (Å²) in [6.07, 6.45) is 5.00. The summed E-state index contributed by atoms with van der Waals surface area (Å²) in [4.78, 5) is 46.0. The Balaban J connectivity index is 1.06. The van der Waals surface area contributed by atoms with E-state index in [1.54, 1.807) is 19.4 Å². The van der Waals surface area contributed by atoms with E-state index in [9.17, 15) is 9.59 Å². The molecule has 5 heterocycles. The number of carbonyl (C=O) groups is 2. The van der Waals surface area contributed by atoms with Crippen molar-refractivity contribution in [2.24, 2.45) is 0 Å². The predicted octanol–water partition coefficient (Wildman–Crippen LogP) is 3.21. The van der Waals surface area contributed by atoms with Gasteiger partial charge in [0.05, 0.1) is 18.6 Å². The van der Waals surface area contributed by atoms with Gasteiger partial charge in [-0.1, -0.05) is 18.1 Å². The molecule has 6 rings (SSSR count). The zero-order valence-corrected chi connectivity index (χ0v) is 24.1. The molecule has 2 aliphatic rings. The summed E-state index contributed by atoms with van der Waals surface area (Å²) in [6.45, 7) is 7.07. The molecule has 2 aliphatic heterocycles. The van der Waals surface area contributed by atoms with Gasteiger partial charge in [-0.05, 0) is 67.1 Å². The molecule has 0 unspecified atom stereocenters. The number of nitrogens with zero attached hydrogens (tertiary/aromatic N) is 5. The Morgan fingerprint density at radius 1 is 1.02 bits per heavy atom. The summed E-state index contributed by atoms with van der Waals surface area (Å²) < 4.78 is 5.49. The molecule has 11 nitrogen and oxygen atoms in total. The minimum atomic E-state index is -0.260. The van der Waals surface area contributed by atoms with Crippen molar-refractivity contribution in [3.05, 3.63) is 66.2 Å². The summed E-state index contributed by atoms with van der Waals surface area (Å²) in [5, 5.41) is 6.91. The molecule has 2 amide bonds. The Labute approximate surface area is 250 Å². The van der Waals surface area contributed by atoms with E-state index in [-0.39, 0.29) is 17.9 Å². The number of carbonyl (C=O) groups excluding carboxylic acids is 2. The third-order valence-electron chi connectivity index (χ3n) is 7.79. The normalized spacial score (nSPS) is 16.0. The van der Waals surface area contributed by atoms with E-state index in [1.165, 1.54) is 0 Å². The summed E-state index contributed by atoms with van der Waals surface area (Å²) >= 11 is 0. The van der Waals surface area contributed by atoms with Crippen LogP contribution in [0.5, 0.6) is 0 Å². The molecule has 2 fully saturated rings. The number of piperidine rings is 1. The lowest BCUT2D eigenvalue weighted by Crippen LogP contribution is -2.44. The molecular formula is C32H34N8O3. The van der Waals surface area contributed by atoms with Gasteiger partial charge in [-0.15, -0.1) is 0 Å². The highest BCUT2D eigenvalue weighted by Gasteiger charge is 2.21. The molecule has 0 spiro atoms. The fraction of sp³-hybridized carbons (Fsp3) is 0.344. The van der Waals surface area contributed by atoms with E-state index >= 15 is 0 Å². The number of H-pyrrole nitrogens is 1. The molecule has 4 aromatic rings. The number of aromatic amines is 1. The van der Waals surface area contributed by atoms with Gasteiger partial charge >= 0.3 is 0 Å². The van der Waals surface area contributed by atoms with E-state index < -0.39 is 0 Å². The number of pyridine rings is 1. The van der Waals surface area contributed by atoms with Crippen molar-refractivity contribution in [1.82, 2.24) is 30.2 Å². The van der Waals surface area contributed by atoms with Crippen LogP contribution in [0.3, 0.4) is 0 Å². The topological polar surface area (TPSA) is 128 Å². The molecule has 3 N–H and O–H groups in total. The molecule has 0 atom stereocenters. The predicted molar refractivity (Wildman–Crippen MR) is 164 cm³/mol. The molecule has 43 heavy (non-hydrogen) atoms. The third kappa shape index (κ3) is 6.83. The van der Waals surface area contributed by atoms with Crippen molar-refractivity contribution in [1.29, 1.82) is 0 Å². The number of hydrogen-bond donors (Lipinski definition) is 3. The number of amides is 2. The smallest absolute Gasteiger partial charge is 0.296 e. The van der Waals surface area contributed by atoms with Gasteiger partial charge in [0.2, 0.25) is 0 Å². The molecule has 2 saturated heterocycles. The highest BCUT2D eigenvalue weighted by atomic mass is 16.5. The maximum Gasteiger partial charge on any atom is 0.296 e. The number of hydrogen-bond acceptors (Lipinski definition) is 8. The van der Waals surface area contributed by atoms with Crippen molar-refractivity contribution in [2.45, 2.75) is 32.4 Å². The quantitative estimate of drug-likeness (QED) is 0.285. The maximum absolute atomic E-state index is 13.0. The lowest BCUT2D eigenvalue weighted by molar-refractivity contribution is -0.116. The first kappa shape index (κ1) is 28.3. The lowest BCUT2D eigenvalue weighted by atomic mass is 10.0. The number of morpholine rings is 1. The van der Waals surface area contributed by atoms with Crippen LogP contribution < -0.4 is 15.5 Å². The van der Waals surface area contributed by atoms with Gasteiger partial charge in [-0.25, -0.2) is 9.97 Å². The highest BCUT2D eigenvalue weighted by Crippen LogP contribution is 2.29. The minimum absolute atomic E-state index is 0.145. The van der Waals surface area contributed by atoms with Gasteiger partial charge in [-0.2, -0.15) is 0 Å². The van der Waals surface area contributed by atoms with Crippen LogP contribution in [0.1, 0.15) is 35.8 Å². The first-order chi connectivity index (χ1) is 21.1. The number of anilines is 2. The molecule has 0 bridgehead atoms. The van der Waals surface area contributed by atoms with Crippen LogP contribution in [0.4, 0.5) is 11.5 Å². The van der Waals surface area contributed by atoms with Gasteiger partial charge < -0.3 is 25.3 Å². The zero-order valence-electron chi connectivity index (χ0n) is 24.1.